The summed E-state index contributed by atoms with van der Waals surface area (Å²) in [5.41, 5.74) is 0.282. The Morgan fingerprint density at radius 3 is 1.86 bits per heavy atom. The van der Waals surface area contributed by atoms with E-state index in [2.05, 4.69) is 59.1 Å². The molecule has 0 fully saturated rings. The van der Waals surface area contributed by atoms with Crippen molar-refractivity contribution in [2.24, 2.45) is 5.41 Å². The lowest BCUT2D eigenvalue weighted by atomic mass is 9.94. The molecule has 0 spiro atoms. The fourth-order valence-electron chi connectivity index (χ4n) is 1.35. The zero-order valence-electron chi connectivity index (χ0n) is 10.4. The average Bonchev–Trinajstić information content (AvgIpc) is 2.27. The number of nitrogens with zero attached hydrogens (tertiary/aromatic N) is 1. The minimum atomic E-state index is -0.479. The molecule has 0 saturated heterocycles. The molecule has 1 heterocycles. The Hall–Kier alpha value is -0.230. The van der Waals surface area contributed by atoms with Gasteiger partial charge in [-0.2, -0.15) is 0 Å². The Labute approximate surface area is 89.2 Å². The van der Waals surface area contributed by atoms with Crippen LogP contribution in [0.1, 0.15) is 41.5 Å². The van der Waals surface area contributed by atoms with E-state index in [9.17, 15) is 0 Å². The van der Waals surface area contributed by atoms with Gasteiger partial charge in [0.15, 0.2) is 8.30 Å². The molecule has 3 heteroatoms. The van der Waals surface area contributed by atoms with Crippen molar-refractivity contribution in [1.82, 2.24) is 4.67 Å². The summed E-state index contributed by atoms with van der Waals surface area (Å²) >= 11 is 0. The molecule has 0 aromatic heterocycles. The molecular formula is C11H22NOP. The predicted molar refractivity (Wildman–Crippen MR) is 63.1 cm³/mol. The Kier molecular flexibility index (Phi) is 2.89. The summed E-state index contributed by atoms with van der Waals surface area (Å²) in [5, 5.41) is 0. The molecule has 0 aliphatic carbocycles. The van der Waals surface area contributed by atoms with Crippen molar-refractivity contribution in [3.05, 3.63) is 12.0 Å². The molecular weight excluding hydrogens is 193 g/mol. The zero-order chi connectivity index (χ0) is 11.1. The van der Waals surface area contributed by atoms with E-state index < -0.39 is 8.30 Å². The Balaban J connectivity index is 2.88. The maximum Gasteiger partial charge on any atom is 0.188 e. The van der Waals surface area contributed by atoms with Crippen LogP contribution in [0.2, 0.25) is 0 Å². The fourth-order valence-corrected chi connectivity index (χ4v) is 3.16. The molecule has 1 rings (SSSR count). The third kappa shape index (κ3) is 2.42. The minimum absolute atomic E-state index is 0.122. The molecule has 0 aromatic carbocycles. The molecule has 0 radical (unpaired) electrons. The molecule has 1 atom stereocenters. The Morgan fingerprint density at radius 1 is 1.14 bits per heavy atom. The van der Waals surface area contributed by atoms with Crippen LogP contribution in [0.4, 0.5) is 0 Å². The summed E-state index contributed by atoms with van der Waals surface area (Å²) in [7, 11) is -0.479. The van der Waals surface area contributed by atoms with E-state index in [1.807, 2.05) is 0 Å². The van der Waals surface area contributed by atoms with Gasteiger partial charge in [-0.1, -0.05) is 20.8 Å². The van der Waals surface area contributed by atoms with Crippen molar-refractivity contribution < 1.29 is 4.52 Å². The van der Waals surface area contributed by atoms with Crippen LogP contribution in [0.3, 0.4) is 0 Å². The Morgan fingerprint density at radius 2 is 1.64 bits per heavy atom. The molecule has 0 bridgehead atoms. The fraction of sp³-hybridized carbons (Fsp3) is 0.818. The summed E-state index contributed by atoms with van der Waals surface area (Å²) in [4.78, 5) is 0. The van der Waals surface area contributed by atoms with Crippen molar-refractivity contribution in [2.75, 3.05) is 6.66 Å². The van der Waals surface area contributed by atoms with Gasteiger partial charge in [-0.05, 0) is 20.8 Å². The maximum absolute atomic E-state index is 5.92. The first kappa shape index (κ1) is 11.8. The van der Waals surface area contributed by atoms with Crippen molar-refractivity contribution in [3.63, 3.8) is 0 Å². The van der Waals surface area contributed by atoms with Gasteiger partial charge in [0.25, 0.3) is 0 Å². The van der Waals surface area contributed by atoms with E-state index in [1.54, 1.807) is 0 Å². The molecule has 0 aromatic rings. The van der Waals surface area contributed by atoms with Gasteiger partial charge in [0.2, 0.25) is 0 Å². The van der Waals surface area contributed by atoms with Crippen LogP contribution < -0.4 is 0 Å². The highest BCUT2D eigenvalue weighted by molar-refractivity contribution is 7.49. The molecule has 0 amide bonds. The molecule has 82 valence electrons. The molecule has 1 aliphatic heterocycles. The van der Waals surface area contributed by atoms with E-state index in [4.69, 9.17) is 4.52 Å². The van der Waals surface area contributed by atoms with Crippen LogP contribution in [0.25, 0.3) is 0 Å². The molecule has 0 saturated carbocycles. The van der Waals surface area contributed by atoms with Gasteiger partial charge < -0.3 is 9.19 Å². The predicted octanol–water partition coefficient (Wildman–Crippen LogP) is 3.95. The van der Waals surface area contributed by atoms with E-state index in [-0.39, 0.29) is 11.0 Å². The van der Waals surface area contributed by atoms with Crippen LogP contribution in [0, 0.1) is 5.41 Å². The number of hydrogen-bond donors (Lipinski definition) is 0. The summed E-state index contributed by atoms with van der Waals surface area (Å²) < 4.78 is 8.25. The normalized spacial score (nSPS) is 23.5. The van der Waals surface area contributed by atoms with Gasteiger partial charge in [0.05, 0.1) is 0 Å². The highest BCUT2D eigenvalue weighted by Gasteiger charge is 2.35. The van der Waals surface area contributed by atoms with Crippen molar-refractivity contribution >= 4 is 8.30 Å². The first-order valence-corrected chi connectivity index (χ1v) is 6.71. The maximum atomic E-state index is 5.92. The van der Waals surface area contributed by atoms with Gasteiger partial charge in [-0.15, -0.1) is 0 Å². The second-order valence-electron chi connectivity index (χ2n) is 5.81. The number of allylic oxidation sites excluding steroid dienone is 1. The van der Waals surface area contributed by atoms with Crippen molar-refractivity contribution in [1.29, 1.82) is 0 Å². The van der Waals surface area contributed by atoms with Crippen molar-refractivity contribution in [3.8, 4) is 0 Å². The lowest BCUT2D eigenvalue weighted by Gasteiger charge is -2.33. The van der Waals surface area contributed by atoms with Crippen LogP contribution in [0.5, 0.6) is 0 Å². The van der Waals surface area contributed by atoms with Crippen molar-refractivity contribution in [2.45, 2.75) is 47.1 Å². The lowest BCUT2D eigenvalue weighted by Crippen LogP contribution is -2.31. The summed E-state index contributed by atoms with van der Waals surface area (Å²) in [6, 6.07) is 0. The summed E-state index contributed by atoms with van der Waals surface area (Å²) in [6.45, 7) is 15.4. The molecule has 14 heavy (non-hydrogen) atoms. The standard InChI is InChI=1S/C11H22NOP/c1-10(2,3)9-8-12(11(4,5)6)14(7)13-9/h8H,1-7H3. The SMILES string of the molecule is CP1OC(C(C)(C)C)=CN1C(C)(C)C. The molecule has 1 aliphatic rings. The molecule has 2 nitrogen and oxygen atoms in total. The van der Waals surface area contributed by atoms with Crippen LogP contribution in [0.15, 0.2) is 12.0 Å². The van der Waals surface area contributed by atoms with Gasteiger partial charge in [0, 0.05) is 23.8 Å². The van der Waals surface area contributed by atoms with Crippen LogP contribution >= 0.6 is 8.30 Å². The lowest BCUT2D eigenvalue weighted by molar-refractivity contribution is 0.318. The van der Waals surface area contributed by atoms with E-state index >= 15 is 0 Å². The third-order valence-corrected chi connectivity index (χ3v) is 3.98. The quantitative estimate of drug-likeness (QED) is 0.567. The van der Waals surface area contributed by atoms with Gasteiger partial charge >= 0.3 is 0 Å². The monoisotopic (exact) mass is 215 g/mol. The smallest absolute Gasteiger partial charge is 0.188 e. The number of rotatable bonds is 0. The zero-order valence-corrected chi connectivity index (χ0v) is 11.3. The minimum Gasteiger partial charge on any atom is -0.456 e. The van der Waals surface area contributed by atoms with Crippen LogP contribution in [-0.2, 0) is 4.52 Å². The largest absolute Gasteiger partial charge is 0.456 e. The van der Waals surface area contributed by atoms with Crippen LogP contribution in [-0.4, -0.2) is 16.9 Å². The second-order valence-corrected chi connectivity index (χ2v) is 7.36. The van der Waals surface area contributed by atoms with Gasteiger partial charge in [-0.25, -0.2) is 0 Å². The highest BCUT2D eigenvalue weighted by atomic mass is 31.2. The molecule has 0 N–H and O–H groups in total. The first-order chi connectivity index (χ1) is 6.12. The highest BCUT2D eigenvalue weighted by Crippen LogP contribution is 2.53. The first-order valence-electron chi connectivity index (χ1n) is 5.05. The van der Waals surface area contributed by atoms with Gasteiger partial charge in [-0.3, -0.25) is 0 Å². The molecule has 1 unspecified atom stereocenters. The van der Waals surface area contributed by atoms with E-state index in [0.29, 0.717) is 0 Å². The van der Waals surface area contributed by atoms with E-state index in [1.165, 1.54) is 0 Å². The van der Waals surface area contributed by atoms with Gasteiger partial charge in [0.1, 0.15) is 5.76 Å². The second kappa shape index (κ2) is 3.41. The third-order valence-electron chi connectivity index (χ3n) is 2.20. The van der Waals surface area contributed by atoms with E-state index in [0.717, 1.165) is 5.76 Å². The average molecular weight is 215 g/mol. The number of hydrogen-bond acceptors (Lipinski definition) is 2. The Bertz CT molecular complexity index is 247. The summed E-state index contributed by atoms with van der Waals surface area (Å²) in [6.07, 6.45) is 2.19. The topological polar surface area (TPSA) is 12.5 Å². The summed E-state index contributed by atoms with van der Waals surface area (Å²) in [5.74, 6) is 1.11.